The van der Waals surface area contributed by atoms with Crippen molar-refractivity contribution in [2.24, 2.45) is 16.5 Å². The summed E-state index contributed by atoms with van der Waals surface area (Å²) in [6.07, 6.45) is 0.772. The number of rotatable bonds is 8. The van der Waals surface area contributed by atoms with Crippen molar-refractivity contribution >= 4 is 35.1 Å². The minimum Gasteiger partial charge on any atom is -0.423 e. The number of nitrogens with one attached hydrogen (secondary N) is 1. The second-order valence-electron chi connectivity index (χ2n) is 6.99. The average Bonchev–Trinajstić information content (AvgIpc) is 2.78. The molecule has 8 heteroatoms. The van der Waals surface area contributed by atoms with Gasteiger partial charge >= 0.3 is 5.97 Å². The Balaban J connectivity index is 1.52. The van der Waals surface area contributed by atoms with Gasteiger partial charge < -0.3 is 21.5 Å². The van der Waals surface area contributed by atoms with Crippen LogP contribution in [0.15, 0.2) is 77.8 Å². The van der Waals surface area contributed by atoms with E-state index in [9.17, 15) is 9.59 Å². The van der Waals surface area contributed by atoms with Crippen molar-refractivity contribution in [2.75, 3.05) is 0 Å². The Morgan fingerprint density at radius 1 is 0.969 bits per heavy atom. The number of amides is 1. The van der Waals surface area contributed by atoms with Gasteiger partial charge in [0, 0.05) is 18.0 Å². The summed E-state index contributed by atoms with van der Waals surface area (Å²) in [4.78, 5) is 28.3. The van der Waals surface area contributed by atoms with E-state index in [2.05, 4.69) is 10.3 Å². The molecule has 0 aliphatic carbocycles. The number of hydrogen-bond donors (Lipinski definition) is 3. The third-order valence-electron chi connectivity index (χ3n) is 4.55. The van der Waals surface area contributed by atoms with Crippen molar-refractivity contribution in [1.82, 2.24) is 5.32 Å². The molecule has 0 saturated carbocycles. The first-order valence-corrected chi connectivity index (χ1v) is 10.3. The van der Waals surface area contributed by atoms with Crippen LogP contribution in [0.5, 0.6) is 5.75 Å². The van der Waals surface area contributed by atoms with Crippen LogP contribution in [-0.2, 0) is 17.8 Å². The van der Waals surface area contributed by atoms with Gasteiger partial charge in [-0.2, -0.15) is 0 Å². The van der Waals surface area contributed by atoms with Gasteiger partial charge in [-0.05, 0) is 53.9 Å². The number of ether oxygens (including phenoxy) is 1. The quantitative estimate of drug-likeness (QED) is 0.209. The van der Waals surface area contributed by atoms with Gasteiger partial charge in [-0.15, -0.1) is 0 Å². The number of nitrogens with two attached hydrogens (primary N) is 2. The van der Waals surface area contributed by atoms with E-state index in [1.54, 1.807) is 42.5 Å². The van der Waals surface area contributed by atoms with Crippen molar-refractivity contribution in [3.05, 3.63) is 94.5 Å². The first-order valence-electron chi connectivity index (χ1n) is 9.91. The molecule has 0 fully saturated rings. The van der Waals surface area contributed by atoms with E-state index in [0.29, 0.717) is 41.4 Å². The summed E-state index contributed by atoms with van der Waals surface area (Å²) in [7, 11) is 0. The van der Waals surface area contributed by atoms with Gasteiger partial charge in [-0.1, -0.05) is 48.0 Å². The Morgan fingerprint density at radius 3 is 2.34 bits per heavy atom. The van der Waals surface area contributed by atoms with Crippen LogP contribution in [0.1, 0.15) is 27.9 Å². The Labute approximate surface area is 191 Å². The number of hydrogen-bond acceptors (Lipinski definition) is 4. The Kier molecular flexibility index (Phi) is 7.83. The number of carbonyl (C=O) groups excluding carboxylic acids is 2. The predicted octanol–water partition coefficient (Wildman–Crippen LogP) is 3.71. The largest absolute Gasteiger partial charge is 0.423 e. The molecule has 0 aliphatic rings. The number of esters is 1. The highest BCUT2D eigenvalue weighted by atomic mass is 35.5. The summed E-state index contributed by atoms with van der Waals surface area (Å²) in [5.74, 6) is -0.357. The normalized spacial score (nSPS) is 10.3. The van der Waals surface area contributed by atoms with E-state index in [4.69, 9.17) is 27.8 Å². The summed E-state index contributed by atoms with van der Waals surface area (Å²) >= 11 is 6.32. The number of nitrogens with zero attached hydrogens (tertiary/aromatic N) is 1. The lowest BCUT2D eigenvalue weighted by Gasteiger charge is -2.09. The molecule has 0 aliphatic heterocycles. The second-order valence-corrected chi connectivity index (χ2v) is 7.40. The van der Waals surface area contributed by atoms with Crippen LogP contribution < -0.4 is 21.5 Å². The SMILES string of the molecule is NC(N)=Nc1ccc(C(=O)Oc2ccc(CCC(=O)NCc3ccccc3)c(Cl)c2)cc1. The van der Waals surface area contributed by atoms with E-state index < -0.39 is 5.97 Å². The molecule has 0 spiro atoms. The first-order chi connectivity index (χ1) is 15.4. The molecular formula is C24H23ClN4O3. The van der Waals surface area contributed by atoms with Crippen LogP contribution in [0.3, 0.4) is 0 Å². The van der Waals surface area contributed by atoms with Gasteiger partial charge in [0.15, 0.2) is 5.96 Å². The van der Waals surface area contributed by atoms with E-state index >= 15 is 0 Å². The highest BCUT2D eigenvalue weighted by molar-refractivity contribution is 6.31. The highest BCUT2D eigenvalue weighted by Gasteiger charge is 2.11. The number of carbonyl (C=O) groups is 2. The molecule has 0 unspecified atom stereocenters. The first kappa shape index (κ1) is 22.8. The summed E-state index contributed by atoms with van der Waals surface area (Å²) in [5, 5.41) is 3.31. The molecule has 0 heterocycles. The second kappa shape index (κ2) is 11.0. The van der Waals surface area contributed by atoms with Crippen LogP contribution in [0.4, 0.5) is 5.69 Å². The van der Waals surface area contributed by atoms with E-state index in [0.717, 1.165) is 11.1 Å². The molecule has 1 amide bonds. The van der Waals surface area contributed by atoms with Gasteiger partial charge in [-0.3, -0.25) is 4.79 Å². The van der Waals surface area contributed by atoms with Crippen LogP contribution in [0.2, 0.25) is 5.02 Å². The number of guanidine groups is 1. The summed E-state index contributed by atoms with van der Waals surface area (Å²) in [6, 6.07) is 21.0. The molecule has 0 radical (unpaired) electrons. The van der Waals surface area contributed by atoms with E-state index in [-0.39, 0.29) is 11.9 Å². The molecule has 0 atom stereocenters. The maximum absolute atomic E-state index is 12.3. The van der Waals surface area contributed by atoms with Crippen molar-refractivity contribution in [1.29, 1.82) is 0 Å². The maximum Gasteiger partial charge on any atom is 0.343 e. The number of aryl methyl sites for hydroxylation is 1. The van der Waals surface area contributed by atoms with Crippen LogP contribution in [-0.4, -0.2) is 17.8 Å². The van der Waals surface area contributed by atoms with Crippen LogP contribution >= 0.6 is 11.6 Å². The van der Waals surface area contributed by atoms with Gasteiger partial charge in [0.25, 0.3) is 0 Å². The van der Waals surface area contributed by atoms with Crippen molar-refractivity contribution in [3.63, 3.8) is 0 Å². The summed E-state index contributed by atoms with van der Waals surface area (Å²) < 4.78 is 5.38. The molecule has 5 N–H and O–H groups in total. The third kappa shape index (κ3) is 6.85. The topological polar surface area (TPSA) is 120 Å². The lowest BCUT2D eigenvalue weighted by molar-refractivity contribution is -0.121. The van der Waals surface area contributed by atoms with E-state index in [1.807, 2.05) is 30.3 Å². The average molecular weight is 451 g/mol. The van der Waals surface area contributed by atoms with Crippen molar-refractivity contribution in [2.45, 2.75) is 19.4 Å². The zero-order valence-electron chi connectivity index (χ0n) is 17.3. The van der Waals surface area contributed by atoms with Gasteiger partial charge in [0.1, 0.15) is 5.75 Å². The standard InChI is InChI=1S/C24H23ClN4O3/c25-21-14-20(32-23(31)18-6-10-19(11-7-18)29-24(26)27)12-8-17(21)9-13-22(30)28-15-16-4-2-1-3-5-16/h1-8,10-12,14H,9,13,15H2,(H,28,30)(H4,26,27,29). The molecule has 0 saturated heterocycles. The van der Waals surface area contributed by atoms with E-state index in [1.165, 1.54) is 0 Å². The predicted molar refractivity (Wildman–Crippen MR) is 125 cm³/mol. The highest BCUT2D eigenvalue weighted by Crippen LogP contribution is 2.25. The molecule has 3 rings (SSSR count). The summed E-state index contributed by atoms with van der Waals surface area (Å²) in [6.45, 7) is 0.481. The van der Waals surface area contributed by atoms with Crippen molar-refractivity contribution < 1.29 is 14.3 Å². The number of halogens is 1. The molecule has 32 heavy (non-hydrogen) atoms. The fourth-order valence-corrected chi connectivity index (χ4v) is 3.18. The zero-order valence-corrected chi connectivity index (χ0v) is 18.0. The van der Waals surface area contributed by atoms with Gasteiger partial charge in [0.05, 0.1) is 11.3 Å². The van der Waals surface area contributed by atoms with Crippen LogP contribution in [0, 0.1) is 0 Å². The molecule has 7 nitrogen and oxygen atoms in total. The fourth-order valence-electron chi connectivity index (χ4n) is 2.91. The minimum absolute atomic E-state index is 0.0652. The molecule has 0 aromatic heterocycles. The maximum atomic E-state index is 12.3. The van der Waals surface area contributed by atoms with Crippen molar-refractivity contribution in [3.8, 4) is 5.75 Å². The minimum atomic E-state index is -0.537. The van der Waals surface area contributed by atoms with Gasteiger partial charge in [0.2, 0.25) is 5.91 Å². The number of benzene rings is 3. The smallest absolute Gasteiger partial charge is 0.343 e. The van der Waals surface area contributed by atoms with Crippen LogP contribution in [0.25, 0.3) is 0 Å². The molecule has 164 valence electrons. The fraction of sp³-hybridized carbons (Fsp3) is 0.125. The zero-order chi connectivity index (χ0) is 22.9. The Hall–Kier alpha value is -3.84. The van der Waals surface area contributed by atoms with Gasteiger partial charge in [-0.25, -0.2) is 9.79 Å². The molecule has 3 aromatic carbocycles. The third-order valence-corrected chi connectivity index (χ3v) is 4.90. The summed E-state index contributed by atoms with van der Waals surface area (Å²) in [5.41, 5.74) is 13.4. The molecule has 3 aromatic rings. The molecular weight excluding hydrogens is 428 g/mol. The Bertz CT molecular complexity index is 1110. The lowest BCUT2D eigenvalue weighted by Crippen LogP contribution is -2.22. The monoisotopic (exact) mass is 450 g/mol. The number of aliphatic imine (C=N–C) groups is 1. The lowest BCUT2D eigenvalue weighted by atomic mass is 10.1. The molecule has 0 bridgehead atoms. The Morgan fingerprint density at radius 2 is 1.69 bits per heavy atom.